The molecule has 0 unspecified atom stereocenters. The molecule has 0 radical (unpaired) electrons. The minimum atomic E-state index is -0.404. The van der Waals surface area contributed by atoms with Crippen LogP contribution in [0.4, 0.5) is 11.4 Å². The third kappa shape index (κ3) is 2.89. The van der Waals surface area contributed by atoms with Gasteiger partial charge in [-0.15, -0.1) is 0 Å². The molecule has 5 heteroatoms. The molecule has 0 saturated heterocycles. The minimum absolute atomic E-state index is 0.0712. The number of rotatable bonds is 2. The fourth-order valence-electron chi connectivity index (χ4n) is 4.91. The summed E-state index contributed by atoms with van der Waals surface area (Å²) >= 11 is 0. The second kappa shape index (κ2) is 6.52. The molecule has 0 fully saturated rings. The lowest BCUT2D eigenvalue weighted by molar-refractivity contribution is -0.385. The van der Waals surface area contributed by atoms with Crippen molar-refractivity contribution in [2.75, 3.05) is 5.32 Å². The van der Waals surface area contributed by atoms with E-state index in [-0.39, 0.29) is 21.8 Å². The summed E-state index contributed by atoms with van der Waals surface area (Å²) in [6.07, 6.45) is 1.19. The van der Waals surface area contributed by atoms with E-state index in [0.717, 1.165) is 33.2 Å². The first-order chi connectivity index (χ1) is 14.3. The van der Waals surface area contributed by atoms with Crippen LogP contribution in [0.25, 0.3) is 16.3 Å². The van der Waals surface area contributed by atoms with Crippen molar-refractivity contribution in [2.24, 2.45) is 5.41 Å². The molecule has 3 aromatic rings. The molecule has 5 rings (SSSR count). The fourth-order valence-corrected chi connectivity index (χ4v) is 4.91. The summed E-state index contributed by atoms with van der Waals surface area (Å²) in [5, 5.41) is 17.4. The summed E-state index contributed by atoms with van der Waals surface area (Å²) in [5.74, 6) is 0.114. The first kappa shape index (κ1) is 18.6. The Labute approximate surface area is 174 Å². The number of hydrogen-bond donors (Lipinski definition) is 1. The molecule has 3 aromatic carbocycles. The molecule has 0 aromatic heterocycles. The molecule has 1 heterocycles. The molecule has 1 aliphatic carbocycles. The number of anilines is 1. The molecule has 2 aliphatic rings. The van der Waals surface area contributed by atoms with Crippen molar-refractivity contribution in [3.63, 3.8) is 0 Å². The van der Waals surface area contributed by atoms with E-state index in [2.05, 4.69) is 25.2 Å². The number of nitrogens with zero attached hydrogens (tertiary/aromatic N) is 1. The Morgan fingerprint density at radius 1 is 1.00 bits per heavy atom. The monoisotopic (exact) mass is 398 g/mol. The van der Waals surface area contributed by atoms with E-state index in [0.29, 0.717) is 18.4 Å². The Kier molecular flexibility index (Phi) is 4.03. The minimum Gasteiger partial charge on any atom is -0.374 e. The Balaban J connectivity index is 1.79. The highest BCUT2D eigenvalue weighted by molar-refractivity contribution is 6.25. The second-order valence-corrected chi connectivity index (χ2v) is 8.98. The zero-order chi connectivity index (χ0) is 21.0. The number of nitro groups is 1. The number of fused-ring (bicyclic) bond motifs is 3. The number of Topliss-reactive ketones (excluding diaryl/α,β-unsaturated/α-hetero) is 1. The number of carbonyl (C=O) groups is 1. The van der Waals surface area contributed by atoms with Gasteiger partial charge in [0.1, 0.15) is 0 Å². The van der Waals surface area contributed by atoms with Gasteiger partial charge in [0.2, 0.25) is 0 Å². The Hall–Kier alpha value is -3.47. The molecule has 0 bridgehead atoms. The number of hydrogen-bond acceptors (Lipinski definition) is 4. The SMILES string of the molecule is CC1(C)CC(=O)C2=C(C1)[C@H](c1ccccc1[N+](=O)[O-])Nc1cc3ccccc3cc12. The normalized spacial score (nSPS) is 19.8. The van der Waals surface area contributed by atoms with Crippen LogP contribution in [0.3, 0.4) is 0 Å². The number of allylic oxidation sites excluding steroid dienone is 1. The summed E-state index contributed by atoms with van der Waals surface area (Å²) < 4.78 is 0. The molecule has 0 saturated carbocycles. The van der Waals surface area contributed by atoms with Crippen molar-refractivity contribution in [3.05, 3.63) is 87.5 Å². The summed E-state index contributed by atoms with van der Waals surface area (Å²) in [6.45, 7) is 4.17. The number of nitro benzene ring substituents is 1. The van der Waals surface area contributed by atoms with Crippen LogP contribution in [0.5, 0.6) is 0 Å². The van der Waals surface area contributed by atoms with Gasteiger partial charge in [-0.05, 0) is 46.4 Å². The Morgan fingerprint density at radius 3 is 2.40 bits per heavy atom. The first-order valence-corrected chi connectivity index (χ1v) is 10.1. The highest BCUT2D eigenvalue weighted by Crippen LogP contribution is 2.51. The number of carbonyl (C=O) groups excluding carboxylic acids is 1. The first-order valence-electron chi connectivity index (χ1n) is 10.1. The Morgan fingerprint density at radius 2 is 1.67 bits per heavy atom. The largest absolute Gasteiger partial charge is 0.374 e. The van der Waals surface area contributed by atoms with Gasteiger partial charge in [-0.2, -0.15) is 0 Å². The summed E-state index contributed by atoms with van der Waals surface area (Å²) in [5.41, 5.74) is 3.92. The zero-order valence-corrected chi connectivity index (χ0v) is 16.9. The molecule has 30 heavy (non-hydrogen) atoms. The highest BCUT2D eigenvalue weighted by atomic mass is 16.6. The quantitative estimate of drug-likeness (QED) is 0.421. The van der Waals surface area contributed by atoms with E-state index in [1.165, 1.54) is 6.07 Å². The molecular formula is C25H22N2O3. The summed E-state index contributed by atoms with van der Waals surface area (Å²) in [4.78, 5) is 24.7. The van der Waals surface area contributed by atoms with Crippen molar-refractivity contribution in [1.82, 2.24) is 0 Å². The van der Waals surface area contributed by atoms with Gasteiger partial charge >= 0.3 is 0 Å². The van der Waals surface area contributed by atoms with Crippen molar-refractivity contribution < 1.29 is 9.72 Å². The third-order valence-electron chi connectivity index (χ3n) is 6.16. The predicted octanol–water partition coefficient (Wildman–Crippen LogP) is 6.06. The van der Waals surface area contributed by atoms with Crippen LogP contribution in [0.1, 0.15) is 43.9 Å². The predicted molar refractivity (Wildman–Crippen MR) is 118 cm³/mol. The molecule has 5 nitrogen and oxygen atoms in total. The van der Waals surface area contributed by atoms with Crippen molar-refractivity contribution in [1.29, 1.82) is 0 Å². The van der Waals surface area contributed by atoms with Gasteiger partial charge in [-0.1, -0.05) is 50.2 Å². The molecule has 1 aliphatic heterocycles. The zero-order valence-electron chi connectivity index (χ0n) is 16.9. The molecule has 0 spiro atoms. The number of nitrogens with one attached hydrogen (secondary N) is 1. The van der Waals surface area contributed by atoms with Crippen molar-refractivity contribution in [3.8, 4) is 0 Å². The molecule has 1 N–H and O–H groups in total. The maximum atomic E-state index is 13.3. The van der Waals surface area contributed by atoms with Gasteiger partial charge in [0.25, 0.3) is 5.69 Å². The average molecular weight is 398 g/mol. The van der Waals surface area contributed by atoms with Crippen molar-refractivity contribution in [2.45, 2.75) is 32.7 Å². The lowest BCUT2D eigenvalue weighted by Crippen LogP contribution is -2.32. The summed E-state index contributed by atoms with van der Waals surface area (Å²) in [6, 6.07) is 18.6. The standard InChI is InChI=1S/C25H22N2O3/c1-25(2)13-19-23(22(28)14-25)18-11-15-7-3-4-8-16(15)12-20(18)26-24(19)17-9-5-6-10-21(17)27(29)30/h3-12,24,26H,13-14H2,1-2H3/t24-/m0/s1. The van der Waals surface area contributed by atoms with E-state index < -0.39 is 6.04 Å². The van der Waals surface area contributed by atoms with Crippen LogP contribution in [0.2, 0.25) is 0 Å². The van der Waals surface area contributed by atoms with E-state index in [1.54, 1.807) is 12.1 Å². The van der Waals surface area contributed by atoms with Gasteiger partial charge in [0, 0.05) is 29.3 Å². The lowest BCUT2D eigenvalue weighted by Gasteiger charge is -2.40. The van der Waals surface area contributed by atoms with E-state index >= 15 is 0 Å². The van der Waals surface area contributed by atoms with Crippen LogP contribution in [0, 0.1) is 15.5 Å². The Bertz CT molecular complexity index is 1260. The van der Waals surface area contributed by atoms with Gasteiger partial charge in [-0.3, -0.25) is 14.9 Å². The van der Waals surface area contributed by atoms with Crippen LogP contribution < -0.4 is 5.32 Å². The molecule has 0 amide bonds. The van der Waals surface area contributed by atoms with Crippen LogP contribution in [-0.2, 0) is 4.79 Å². The van der Waals surface area contributed by atoms with Crippen molar-refractivity contribution >= 4 is 33.5 Å². The van der Waals surface area contributed by atoms with E-state index in [9.17, 15) is 14.9 Å². The van der Waals surface area contributed by atoms with Gasteiger partial charge in [0.05, 0.1) is 16.5 Å². The molecular weight excluding hydrogens is 376 g/mol. The molecule has 1 atom stereocenters. The van der Waals surface area contributed by atoms with E-state index in [4.69, 9.17) is 0 Å². The summed E-state index contributed by atoms with van der Waals surface area (Å²) in [7, 11) is 0. The highest BCUT2D eigenvalue weighted by Gasteiger charge is 2.41. The fraction of sp³-hybridized carbons (Fsp3) is 0.240. The third-order valence-corrected chi connectivity index (χ3v) is 6.16. The van der Waals surface area contributed by atoms with Crippen LogP contribution in [-0.4, -0.2) is 10.7 Å². The van der Waals surface area contributed by atoms with E-state index in [1.807, 2.05) is 36.4 Å². The number of para-hydroxylation sites is 1. The van der Waals surface area contributed by atoms with Crippen LogP contribution >= 0.6 is 0 Å². The van der Waals surface area contributed by atoms with Gasteiger partial charge in [-0.25, -0.2) is 0 Å². The second-order valence-electron chi connectivity index (χ2n) is 8.98. The number of ketones is 1. The number of benzene rings is 3. The smallest absolute Gasteiger partial charge is 0.275 e. The maximum absolute atomic E-state index is 13.3. The maximum Gasteiger partial charge on any atom is 0.275 e. The van der Waals surface area contributed by atoms with Gasteiger partial charge in [0.15, 0.2) is 5.78 Å². The lowest BCUT2D eigenvalue weighted by atomic mass is 9.68. The average Bonchev–Trinajstić information content (AvgIpc) is 2.70. The molecule has 150 valence electrons. The van der Waals surface area contributed by atoms with Crippen LogP contribution in [0.15, 0.2) is 66.2 Å². The topological polar surface area (TPSA) is 72.2 Å². The van der Waals surface area contributed by atoms with Gasteiger partial charge < -0.3 is 5.32 Å².